The van der Waals surface area contributed by atoms with Gasteiger partial charge in [0.05, 0.1) is 6.10 Å². The van der Waals surface area contributed by atoms with E-state index in [4.69, 9.17) is 9.47 Å². The number of aliphatic hydroxyl groups excluding tert-OH is 3. The lowest BCUT2D eigenvalue weighted by Gasteiger charge is -2.39. The fourth-order valence-electron chi connectivity index (χ4n) is 1.45. The second kappa shape index (κ2) is 4.34. The van der Waals surface area contributed by atoms with Crippen LogP contribution in [0.4, 0.5) is 0 Å². The summed E-state index contributed by atoms with van der Waals surface area (Å²) in [6, 6.07) is 0. The minimum atomic E-state index is -1.20. The molecular formula is C8H16O5. The largest absolute Gasteiger partial charge is 0.388 e. The lowest BCUT2D eigenvalue weighted by atomic mass is 9.97. The zero-order valence-electron chi connectivity index (χ0n) is 7.75. The highest BCUT2D eigenvalue weighted by Crippen LogP contribution is 2.23. The molecule has 13 heavy (non-hydrogen) atoms. The van der Waals surface area contributed by atoms with Crippen molar-refractivity contribution >= 4 is 0 Å². The SMILES string of the molecule is CC[C@H]1O[C@H](OC)[C@H](O)[C@@H](O)[C@H]1O. The summed E-state index contributed by atoms with van der Waals surface area (Å²) < 4.78 is 10.0. The Morgan fingerprint density at radius 1 is 1.15 bits per heavy atom. The van der Waals surface area contributed by atoms with Gasteiger partial charge < -0.3 is 24.8 Å². The normalized spacial score (nSPS) is 46.4. The first-order valence-corrected chi connectivity index (χ1v) is 4.34. The Morgan fingerprint density at radius 2 is 1.77 bits per heavy atom. The van der Waals surface area contributed by atoms with Gasteiger partial charge in [0.15, 0.2) is 6.29 Å². The predicted octanol–water partition coefficient (Wildman–Crippen LogP) is -1.15. The molecule has 5 nitrogen and oxygen atoms in total. The van der Waals surface area contributed by atoms with Gasteiger partial charge in [0, 0.05) is 7.11 Å². The van der Waals surface area contributed by atoms with Gasteiger partial charge in [0.25, 0.3) is 0 Å². The molecule has 0 aromatic heterocycles. The van der Waals surface area contributed by atoms with E-state index in [0.29, 0.717) is 6.42 Å². The van der Waals surface area contributed by atoms with Crippen LogP contribution in [0.5, 0.6) is 0 Å². The highest BCUT2D eigenvalue weighted by Gasteiger charge is 2.42. The van der Waals surface area contributed by atoms with Crippen LogP contribution in [0, 0.1) is 0 Å². The van der Waals surface area contributed by atoms with Crippen molar-refractivity contribution in [2.75, 3.05) is 7.11 Å². The summed E-state index contributed by atoms with van der Waals surface area (Å²) in [6.07, 6.45) is -4.23. The quantitative estimate of drug-likeness (QED) is 0.515. The summed E-state index contributed by atoms with van der Waals surface area (Å²) in [5, 5.41) is 28.2. The second-order valence-corrected chi connectivity index (χ2v) is 3.16. The summed E-state index contributed by atoms with van der Waals surface area (Å²) in [5.74, 6) is 0. The third-order valence-electron chi connectivity index (χ3n) is 2.30. The van der Waals surface area contributed by atoms with Crippen LogP contribution in [0.2, 0.25) is 0 Å². The molecule has 0 aromatic rings. The van der Waals surface area contributed by atoms with Crippen LogP contribution in [0.1, 0.15) is 13.3 Å². The summed E-state index contributed by atoms with van der Waals surface area (Å²) in [7, 11) is 1.38. The van der Waals surface area contributed by atoms with Crippen molar-refractivity contribution in [2.24, 2.45) is 0 Å². The molecule has 78 valence electrons. The van der Waals surface area contributed by atoms with Crippen molar-refractivity contribution in [3.63, 3.8) is 0 Å². The van der Waals surface area contributed by atoms with Crippen LogP contribution in [-0.4, -0.2) is 53.1 Å². The van der Waals surface area contributed by atoms with Gasteiger partial charge in [0.2, 0.25) is 0 Å². The van der Waals surface area contributed by atoms with Crippen molar-refractivity contribution in [3.8, 4) is 0 Å². The van der Waals surface area contributed by atoms with Crippen LogP contribution in [0.25, 0.3) is 0 Å². The van der Waals surface area contributed by atoms with Crippen molar-refractivity contribution in [1.82, 2.24) is 0 Å². The summed E-state index contributed by atoms with van der Waals surface area (Å²) in [4.78, 5) is 0. The summed E-state index contributed by atoms with van der Waals surface area (Å²) >= 11 is 0. The molecule has 1 heterocycles. The van der Waals surface area contributed by atoms with Crippen LogP contribution in [0.3, 0.4) is 0 Å². The molecule has 0 unspecified atom stereocenters. The molecule has 1 fully saturated rings. The van der Waals surface area contributed by atoms with Crippen molar-refractivity contribution < 1.29 is 24.8 Å². The minimum Gasteiger partial charge on any atom is -0.388 e. The Kier molecular flexibility index (Phi) is 3.63. The Balaban J connectivity index is 2.66. The lowest BCUT2D eigenvalue weighted by molar-refractivity contribution is -0.290. The average Bonchev–Trinajstić information content (AvgIpc) is 2.15. The third kappa shape index (κ3) is 2.00. The van der Waals surface area contributed by atoms with E-state index in [2.05, 4.69) is 0 Å². The highest BCUT2D eigenvalue weighted by molar-refractivity contribution is 4.88. The second-order valence-electron chi connectivity index (χ2n) is 3.16. The maximum absolute atomic E-state index is 9.43. The first-order chi connectivity index (χ1) is 6.11. The fraction of sp³-hybridized carbons (Fsp3) is 1.00. The number of rotatable bonds is 2. The zero-order valence-corrected chi connectivity index (χ0v) is 7.75. The molecule has 1 aliphatic rings. The van der Waals surface area contributed by atoms with E-state index in [1.54, 1.807) is 0 Å². The summed E-state index contributed by atoms with van der Waals surface area (Å²) in [6.45, 7) is 1.82. The molecule has 1 aliphatic heterocycles. The molecule has 3 N–H and O–H groups in total. The molecule has 0 aliphatic carbocycles. The third-order valence-corrected chi connectivity index (χ3v) is 2.30. The molecule has 0 amide bonds. The van der Waals surface area contributed by atoms with Gasteiger partial charge in [0.1, 0.15) is 18.3 Å². The van der Waals surface area contributed by atoms with E-state index >= 15 is 0 Å². The van der Waals surface area contributed by atoms with Crippen LogP contribution < -0.4 is 0 Å². The van der Waals surface area contributed by atoms with Crippen LogP contribution in [0.15, 0.2) is 0 Å². The molecule has 1 saturated heterocycles. The molecular weight excluding hydrogens is 176 g/mol. The van der Waals surface area contributed by atoms with Gasteiger partial charge in [-0.1, -0.05) is 6.92 Å². The number of hydrogen-bond acceptors (Lipinski definition) is 5. The van der Waals surface area contributed by atoms with E-state index in [-0.39, 0.29) is 0 Å². The smallest absolute Gasteiger partial charge is 0.186 e. The standard InChI is InChI=1S/C8H16O5/c1-3-4-5(9)6(10)7(11)8(12-2)13-4/h4-11H,3H2,1-2H3/t4-,5+,6+,7-,8+/m1/s1. The average molecular weight is 192 g/mol. The van der Waals surface area contributed by atoms with Crippen LogP contribution in [-0.2, 0) is 9.47 Å². The van der Waals surface area contributed by atoms with Gasteiger partial charge in [-0.05, 0) is 6.42 Å². The first kappa shape index (κ1) is 10.9. The van der Waals surface area contributed by atoms with Crippen molar-refractivity contribution in [1.29, 1.82) is 0 Å². The molecule has 0 radical (unpaired) electrons. The maximum Gasteiger partial charge on any atom is 0.186 e. The molecule has 5 atom stereocenters. The van der Waals surface area contributed by atoms with Gasteiger partial charge >= 0.3 is 0 Å². The van der Waals surface area contributed by atoms with E-state index in [1.807, 2.05) is 6.92 Å². The van der Waals surface area contributed by atoms with Gasteiger partial charge in [-0.15, -0.1) is 0 Å². The molecule has 0 bridgehead atoms. The molecule has 0 saturated carbocycles. The molecule has 0 spiro atoms. The van der Waals surface area contributed by atoms with E-state index in [9.17, 15) is 15.3 Å². The van der Waals surface area contributed by atoms with Crippen molar-refractivity contribution in [2.45, 2.75) is 44.1 Å². The number of ether oxygens (including phenoxy) is 2. The van der Waals surface area contributed by atoms with E-state index in [0.717, 1.165) is 0 Å². The Morgan fingerprint density at radius 3 is 2.23 bits per heavy atom. The fourth-order valence-corrected chi connectivity index (χ4v) is 1.45. The number of methoxy groups -OCH3 is 1. The molecule has 0 aromatic carbocycles. The maximum atomic E-state index is 9.43. The topological polar surface area (TPSA) is 79.2 Å². The first-order valence-electron chi connectivity index (χ1n) is 4.34. The molecule has 5 heteroatoms. The zero-order chi connectivity index (χ0) is 10.0. The Bertz CT molecular complexity index is 143. The van der Waals surface area contributed by atoms with E-state index < -0.39 is 30.7 Å². The monoisotopic (exact) mass is 192 g/mol. The minimum absolute atomic E-state index is 0.483. The molecule has 1 rings (SSSR count). The number of hydrogen-bond donors (Lipinski definition) is 3. The van der Waals surface area contributed by atoms with Gasteiger partial charge in [-0.2, -0.15) is 0 Å². The predicted molar refractivity (Wildman–Crippen MR) is 44.0 cm³/mol. The Labute approximate surface area is 76.9 Å². The van der Waals surface area contributed by atoms with Crippen LogP contribution >= 0.6 is 0 Å². The van der Waals surface area contributed by atoms with Gasteiger partial charge in [-0.25, -0.2) is 0 Å². The Hall–Kier alpha value is -0.200. The summed E-state index contributed by atoms with van der Waals surface area (Å²) in [5.41, 5.74) is 0. The van der Waals surface area contributed by atoms with Gasteiger partial charge in [-0.3, -0.25) is 0 Å². The highest BCUT2D eigenvalue weighted by atomic mass is 16.7. The van der Waals surface area contributed by atoms with E-state index in [1.165, 1.54) is 7.11 Å². The lowest BCUT2D eigenvalue weighted by Crippen LogP contribution is -2.57. The van der Waals surface area contributed by atoms with Crippen molar-refractivity contribution in [3.05, 3.63) is 0 Å². The number of aliphatic hydroxyl groups is 3.